The second-order valence-corrected chi connectivity index (χ2v) is 5.29. The van der Waals surface area contributed by atoms with Gasteiger partial charge in [-0.1, -0.05) is 11.6 Å². The summed E-state index contributed by atoms with van der Waals surface area (Å²) in [7, 11) is 0. The van der Waals surface area contributed by atoms with Crippen LogP contribution in [0, 0.1) is 0 Å². The van der Waals surface area contributed by atoms with Crippen molar-refractivity contribution >= 4 is 17.5 Å². The molecule has 0 radical (unpaired) electrons. The molecule has 0 fully saturated rings. The van der Waals surface area contributed by atoms with Crippen molar-refractivity contribution in [2.45, 2.75) is 19.4 Å². The predicted octanol–water partition coefficient (Wildman–Crippen LogP) is 2.46. The van der Waals surface area contributed by atoms with Crippen LogP contribution >= 0.6 is 11.6 Å². The normalized spacial score (nSPS) is 15.3. The van der Waals surface area contributed by atoms with E-state index >= 15 is 0 Å². The average molecular weight is 278 g/mol. The molecule has 3 N–H and O–H groups in total. The van der Waals surface area contributed by atoms with E-state index in [2.05, 4.69) is 9.97 Å². The van der Waals surface area contributed by atoms with Crippen LogP contribution in [0.4, 0.5) is 0 Å². The Balaban J connectivity index is 2.36. The van der Waals surface area contributed by atoms with Crippen molar-refractivity contribution in [2.75, 3.05) is 0 Å². The van der Waals surface area contributed by atoms with E-state index in [1.54, 1.807) is 18.5 Å². The van der Waals surface area contributed by atoms with Gasteiger partial charge in [-0.2, -0.15) is 0 Å². The van der Waals surface area contributed by atoms with Crippen LogP contribution in [0.1, 0.15) is 29.9 Å². The van der Waals surface area contributed by atoms with Crippen molar-refractivity contribution in [1.82, 2.24) is 9.97 Å². The Morgan fingerprint density at radius 1 is 1.53 bits per heavy atom. The molecule has 1 amide bonds. The van der Waals surface area contributed by atoms with E-state index in [-0.39, 0.29) is 5.69 Å². The number of nitrogens with two attached hydrogens (primary N) is 1. The first-order chi connectivity index (χ1) is 8.92. The van der Waals surface area contributed by atoms with Crippen LogP contribution in [-0.2, 0) is 5.60 Å². The molecule has 0 saturated heterocycles. The Kier molecular flexibility index (Phi) is 2.37. The van der Waals surface area contributed by atoms with Gasteiger partial charge in [0.15, 0.2) is 0 Å². The molecule has 0 atom stereocenters. The maximum Gasteiger partial charge on any atom is 0.266 e. The fourth-order valence-corrected chi connectivity index (χ4v) is 2.87. The number of H-pyrrole nitrogens is 1. The number of aromatic amines is 1. The summed E-state index contributed by atoms with van der Waals surface area (Å²) in [5, 5.41) is 0.315. The maximum atomic E-state index is 11.4. The van der Waals surface area contributed by atoms with Crippen molar-refractivity contribution in [3.8, 4) is 17.0 Å². The minimum Gasteiger partial charge on any atom is -0.481 e. The Morgan fingerprint density at radius 3 is 2.95 bits per heavy atom. The largest absolute Gasteiger partial charge is 0.481 e. The molecule has 0 unspecified atom stereocenters. The molecule has 0 bridgehead atoms. The third-order valence-electron chi connectivity index (χ3n) is 3.21. The molecule has 3 heterocycles. The molecule has 0 saturated carbocycles. The number of aromatic nitrogens is 2. The number of nitrogens with one attached hydrogen (secondary N) is 1. The zero-order valence-corrected chi connectivity index (χ0v) is 11.2. The fourth-order valence-electron chi connectivity index (χ4n) is 2.41. The zero-order chi connectivity index (χ0) is 13.8. The second kappa shape index (κ2) is 3.74. The Hall–Kier alpha value is -2.01. The molecule has 0 aromatic carbocycles. The predicted molar refractivity (Wildman–Crippen MR) is 71.2 cm³/mol. The van der Waals surface area contributed by atoms with Crippen molar-refractivity contribution in [1.29, 1.82) is 0 Å². The number of fused-ring (bicyclic) bond motifs is 3. The Morgan fingerprint density at radius 2 is 2.26 bits per heavy atom. The number of ether oxygens (including phenoxy) is 1. The summed E-state index contributed by atoms with van der Waals surface area (Å²) in [6, 6.07) is 1.81. The molecule has 6 heteroatoms. The highest BCUT2D eigenvalue weighted by atomic mass is 35.5. The van der Waals surface area contributed by atoms with Crippen molar-refractivity contribution in [3.05, 3.63) is 34.7 Å². The van der Waals surface area contributed by atoms with E-state index in [0.717, 1.165) is 16.8 Å². The average Bonchev–Trinajstić information content (AvgIpc) is 2.68. The third kappa shape index (κ3) is 1.62. The molecular weight excluding hydrogens is 266 g/mol. The van der Waals surface area contributed by atoms with Crippen LogP contribution in [0.25, 0.3) is 11.3 Å². The lowest BCUT2D eigenvalue weighted by atomic mass is 9.92. The monoisotopic (exact) mass is 277 g/mol. The summed E-state index contributed by atoms with van der Waals surface area (Å²) in [5.74, 6) is 0.0553. The van der Waals surface area contributed by atoms with Gasteiger partial charge in [-0.25, -0.2) is 0 Å². The Bertz CT molecular complexity index is 691. The molecule has 19 heavy (non-hydrogen) atoms. The third-order valence-corrected chi connectivity index (χ3v) is 3.58. The number of carbonyl (C=O) groups excluding carboxylic acids is 1. The van der Waals surface area contributed by atoms with Crippen LogP contribution in [0.2, 0.25) is 5.02 Å². The summed E-state index contributed by atoms with van der Waals surface area (Å²) in [6.07, 6.45) is 3.29. The van der Waals surface area contributed by atoms with E-state index in [9.17, 15) is 4.79 Å². The summed E-state index contributed by atoms with van der Waals surface area (Å²) >= 11 is 6.26. The molecule has 0 spiro atoms. The number of halogens is 1. The van der Waals surface area contributed by atoms with Gasteiger partial charge in [0.1, 0.15) is 17.0 Å². The van der Waals surface area contributed by atoms with Gasteiger partial charge in [-0.3, -0.25) is 9.78 Å². The summed E-state index contributed by atoms with van der Waals surface area (Å²) < 4.78 is 5.90. The first-order valence-corrected chi connectivity index (χ1v) is 6.15. The molecule has 98 valence electrons. The number of nitrogens with zero attached hydrogens (tertiary/aromatic N) is 1. The zero-order valence-electron chi connectivity index (χ0n) is 10.5. The number of hydrogen-bond acceptors (Lipinski definition) is 3. The number of rotatable bonds is 1. The van der Waals surface area contributed by atoms with Gasteiger partial charge >= 0.3 is 0 Å². The highest BCUT2D eigenvalue weighted by Gasteiger charge is 2.38. The van der Waals surface area contributed by atoms with E-state index in [4.69, 9.17) is 22.1 Å². The highest BCUT2D eigenvalue weighted by molar-refractivity contribution is 6.35. The fraction of sp³-hybridized carbons (Fsp3) is 0.231. The minimum absolute atomic E-state index is 0.202. The number of amides is 1. The number of primary amides is 1. The van der Waals surface area contributed by atoms with Crippen LogP contribution in [-0.4, -0.2) is 15.9 Å². The summed E-state index contributed by atoms with van der Waals surface area (Å²) in [6.45, 7) is 3.76. The number of pyridine rings is 1. The van der Waals surface area contributed by atoms with Gasteiger partial charge in [0.05, 0.1) is 16.9 Å². The van der Waals surface area contributed by atoms with Crippen molar-refractivity contribution in [2.24, 2.45) is 5.73 Å². The molecule has 3 rings (SSSR count). The van der Waals surface area contributed by atoms with Gasteiger partial charge in [0.25, 0.3) is 5.91 Å². The van der Waals surface area contributed by atoms with Crippen LogP contribution in [0.3, 0.4) is 0 Å². The van der Waals surface area contributed by atoms with Crippen molar-refractivity contribution < 1.29 is 9.53 Å². The van der Waals surface area contributed by atoms with Gasteiger partial charge in [-0.05, 0) is 19.9 Å². The topological polar surface area (TPSA) is 81.0 Å². The van der Waals surface area contributed by atoms with E-state index in [1.807, 2.05) is 13.8 Å². The quantitative estimate of drug-likeness (QED) is 0.840. The Labute approximate surface area is 114 Å². The number of hydrogen-bond donors (Lipinski definition) is 2. The molecule has 5 nitrogen and oxygen atoms in total. The molecule has 0 aliphatic carbocycles. The van der Waals surface area contributed by atoms with E-state index in [1.165, 1.54) is 0 Å². The smallest absolute Gasteiger partial charge is 0.266 e. The first kappa shape index (κ1) is 12.0. The molecule has 2 aromatic rings. The maximum absolute atomic E-state index is 11.4. The van der Waals surface area contributed by atoms with E-state index in [0.29, 0.717) is 10.8 Å². The van der Waals surface area contributed by atoms with Gasteiger partial charge < -0.3 is 15.5 Å². The van der Waals surface area contributed by atoms with Crippen LogP contribution in [0.5, 0.6) is 5.75 Å². The lowest BCUT2D eigenvalue weighted by Gasteiger charge is -2.32. The number of carbonyl (C=O) groups is 1. The van der Waals surface area contributed by atoms with Crippen LogP contribution < -0.4 is 10.5 Å². The molecular formula is C13H12ClN3O2. The molecule has 2 aromatic heterocycles. The molecule has 1 aliphatic rings. The van der Waals surface area contributed by atoms with Gasteiger partial charge in [0.2, 0.25) is 0 Å². The lowest BCUT2D eigenvalue weighted by Crippen LogP contribution is -2.29. The lowest BCUT2D eigenvalue weighted by molar-refractivity contribution is 0.0996. The second-order valence-electron chi connectivity index (χ2n) is 4.91. The van der Waals surface area contributed by atoms with Crippen LogP contribution in [0.15, 0.2) is 18.5 Å². The standard InChI is InChI=1S/C13H12ClN3O2/c1-13(2)8-9(14)11(12(15)18)17-10(8)6-3-4-16-5-7(6)19-13/h3-5,17H,1-2H3,(H2,15,18). The summed E-state index contributed by atoms with van der Waals surface area (Å²) in [5.41, 5.74) is 7.18. The van der Waals surface area contributed by atoms with Crippen molar-refractivity contribution in [3.63, 3.8) is 0 Å². The minimum atomic E-state index is -0.660. The first-order valence-electron chi connectivity index (χ1n) is 5.77. The SMILES string of the molecule is CC1(C)Oc2cnccc2-c2[nH]c(C(N)=O)c(Cl)c21. The summed E-state index contributed by atoms with van der Waals surface area (Å²) in [4.78, 5) is 18.5. The van der Waals surface area contributed by atoms with Gasteiger partial charge in [-0.15, -0.1) is 0 Å². The van der Waals surface area contributed by atoms with Gasteiger partial charge in [0, 0.05) is 17.3 Å². The highest BCUT2D eigenvalue weighted by Crippen LogP contribution is 2.48. The molecule has 1 aliphatic heterocycles. The van der Waals surface area contributed by atoms with E-state index < -0.39 is 11.5 Å².